The molecule has 0 heterocycles. The molecule has 0 radical (unpaired) electrons. The van der Waals surface area contributed by atoms with E-state index in [0.29, 0.717) is 12.1 Å². The molecule has 10 heteroatoms. The third kappa shape index (κ3) is 3.02. The SMILES string of the molecule is O=C(O)C(C(=O)O)c1ccc([N+](=O)[O-])c(C(F)(F)F)c1. The Labute approximate surface area is 108 Å². The van der Waals surface area contributed by atoms with Crippen LogP contribution in [-0.2, 0) is 15.8 Å². The molecule has 0 aliphatic heterocycles. The Morgan fingerprint density at radius 1 is 1.20 bits per heavy atom. The van der Waals surface area contributed by atoms with Crippen LogP contribution < -0.4 is 0 Å². The molecule has 2 N–H and O–H groups in total. The number of benzene rings is 1. The molecule has 0 aliphatic rings. The summed E-state index contributed by atoms with van der Waals surface area (Å²) in [6.45, 7) is 0. The summed E-state index contributed by atoms with van der Waals surface area (Å²) in [7, 11) is 0. The van der Waals surface area contributed by atoms with Gasteiger partial charge in [-0.15, -0.1) is 0 Å². The molecule has 0 saturated carbocycles. The van der Waals surface area contributed by atoms with Crippen molar-refractivity contribution < 1.29 is 37.9 Å². The van der Waals surface area contributed by atoms with Crippen LogP contribution in [0.3, 0.4) is 0 Å². The van der Waals surface area contributed by atoms with Crippen LogP contribution >= 0.6 is 0 Å². The molecule has 0 amide bonds. The monoisotopic (exact) mass is 293 g/mol. The molecule has 1 rings (SSSR count). The van der Waals surface area contributed by atoms with Gasteiger partial charge in [-0.3, -0.25) is 19.7 Å². The first kappa shape index (κ1) is 15.4. The van der Waals surface area contributed by atoms with E-state index in [9.17, 15) is 32.9 Å². The van der Waals surface area contributed by atoms with Crippen molar-refractivity contribution in [2.75, 3.05) is 0 Å². The van der Waals surface area contributed by atoms with Crippen LogP contribution in [0.25, 0.3) is 0 Å². The van der Waals surface area contributed by atoms with Crippen LogP contribution in [0, 0.1) is 10.1 Å². The van der Waals surface area contributed by atoms with Gasteiger partial charge < -0.3 is 10.2 Å². The Balaban J connectivity index is 3.50. The molecule has 20 heavy (non-hydrogen) atoms. The van der Waals surface area contributed by atoms with Crippen LogP contribution in [0.15, 0.2) is 18.2 Å². The maximum Gasteiger partial charge on any atom is 0.423 e. The van der Waals surface area contributed by atoms with E-state index in [1.807, 2.05) is 0 Å². The van der Waals surface area contributed by atoms with E-state index in [1.165, 1.54) is 0 Å². The van der Waals surface area contributed by atoms with E-state index >= 15 is 0 Å². The smallest absolute Gasteiger partial charge is 0.423 e. The van der Waals surface area contributed by atoms with Crippen LogP contribution in [0.4, 0.5) is 18.9 Å². The van der Waals surface area contributed by atoms with Crippen LogP contribution in [0.2, 0.25) is 0 Å². The molecule has 0 unspecified atom stereocenters. The van der Waals surface area contributed by atoms with Gasteiger partial charge in [-0.1, -0.05) is 6.07 Å². The molecule has 0 fully saturated rings. The molecular formula is C10H6F3NO6. The fraction of sp³-hybridized carbons (Fsp3) is 0.200. The van der Waals surface area contributed by atoms with E-state index in [4.69, 9.17) is 10.2 Å². The number of nitro benzene ring substituents is 1. The van der Waals surface area contributed by atoms with E-state index in [-0.39, 0.29) is 6.07 Å². The third-order valence-electron chi connectivity index (χ3n) is 2.35. The van der Waals surface area contributed by atoms with Gasteiger partial charge in [0.1, 0.15) is 5.56 Å². The molecule has 0 saturated heterocycles. The lowest BCUT2D eigenvalue weighted by atomic mass is 9.96. The molecule has 0 aromatic heterocycles. The van der Waals surface area contributed by atoms with Crippen molar-refractivity contribution in [3.05, 3.63) is 39.4 Å². The summed E-state index contributed by atoms with van der Waals surface area (Å²) in [6, 6.07) is 1.25. The maximum absolute atomic E-state index is 12.7. The fourth-order valence-corrected chi connectivity index (χ4v) is 1.51. The van der Waals surface area contributed by atoms with Gasteiger partial charge in [0.2, 0.25) is 0 Å². The summed E-state index contributed by atoms with van der Waals surface area (Å²) in [5, 5.41) is 27.8. The van der Waals surface area contributed by atoms with Gasteiger partial charge in [-0.05, 0) is 11.6 Å². The molecule has 0 spiro atoms. The summed E-state index contributed by atoms with van der Waals surface area (Å²) in [5.74, 6) is -5.99. The highest BCUT2D eigenvalue weighted by Gasteiger charge is 2.40. The van der Waals surface area contributed by atoms with Crippen molar-refractivity contribution >= 4 is 17.6 Å². The second-order valence-corrected chi connectivity index (χ2v) is 3.64. The quantitative estimate of drug-likeness (QED) is 0.497. The highest BCUT2D eigenvalue weighted by Crippen LogP contribution is 2.37. The van der Waals surface area contributed by atoms with Crippen molar-refractivity contribution in [2.24, 2.45) is 0 Å². The van der Waals surface area contributed by atoms with Gasteiger partial charge in [0.05, 0.1) is 4.92 Å². The van der Waals surface area contributed by atoms with E-state index < -0.39 is 45.8 Å². The van der Waals surface area contributed by atoms with Gasteiger partial charge in [0.25, 0.3) is 5.69 Å². The first-order valence-corrected chi connectivity index (χ1v) is 4.87. The number of rotatable bonds is 4. The normalized spacial score (nSPS) is 11.4. The predicted octanol–water partition coefficient (Wildman–Crippen LogP) is 1.87. The summed E-state index contributed by atoms with van der Waals surface area (Å²) < 4.78 is 38.0. The van der Waals surface area contributed by atoms with Crippen molar-refractivity contribution in [1.29, 1.82) is 0 Å². The highest BCUT2D eigenvalue weighted by atomic mass is 19.4. The lowest BCUT2D eigenvalue weighted by Gasteiger charge is -2.12. The van der Waals surface area contributed by atoms with E-state index in [2.05, 4.69) is 0 Å². The van der Waals surface area contributed by atoms with Gasteiger partial charge in [0, 0.05) is 6.07 Å². The first-order valence-electron chi connectivity index (χ1n) is 4.87. The molecule has 0 bridgehead atoms. The van der Waals surface area contributed by atoms with Gasteiger partial charge in [0.15, 0.2) is 5.92 Å². The van der Waals surface area contributed by atoms with Crippen molar-refractivity contribution in [3.8, 4) is 0 Å². The minimum atomic E-state index is -5.11. The number of aliphatic carboxylic acids is 2. The Hall–Kier alpha value is -2.65. The molecule has 1 aromatic rings. The summed E-state index contributed by atoms with van der Waals surface area (Å²) in [6.07, 6.45) is -5.11. The Bertz CT molecular complexity index is 569. The predicted molar refractivity (Wildman–Crippen MR) is 56.1 cm³/mol. The zero-order valence-electron chi connectivity index (χ0n) is 9.42. The molecule has 108 valence electrons. The lowest BCUT2D eigenvalue weighted by molar-refractivity contribution is -0.388. The average Bonchev–Trinajstić information content (AvgIpc) is 2.26. The van der Waals surface area contributed by atoms with Crippen molar-refractivity contribution in [1.82, 2.24) is 0 Å². The second kappa shape index (κ2) is 5.15. The minimum Gasteiger partial charge on any atom is -0.480 e. The molecular weight excluding hydrogens is 287 g/mol. The largest absolute Gasteiger partial charge is 0.480 e. The third-order valence-corrected chi connectivity index (χ3v) is 2.35. The Kier molecular flexibility index (Phi) is 3.97. The lowest BCUT2D eigenvalue weighted by Crippen LogP contribution is -2.22. The Morgan fingerprint density at radius 3 is 2.05 bits per heavy atom. The number of hydrogen-bond donors (Lipinski definition) is 2. The van der Waals surface area contributed by atoms with E-state index in [1.54, 1.807) is 0 Å². The molecule has 0 atom stereocenters. The number of halogens is 3. The van der Waals surface area contributed by atoms with Crippen molar-refractivity contribution in [3.63, 3.8) is 0 Å². The fourth-order valence-electron chi connectivity index (χ4n) is 1.51. The van der Waals surface area contributed by atoms with Crippen LogP contribution in [0.5, 0.6) is 0 Å². The number of carboxylic acid groups (broad SMARTS) is 2. The first-order chi connectivity index (χ1) is 9.05. The maximum atomic E-state index is 12.7. The number of nitrogens with zero attached hydrogens (tertiary/aromatic N) is 1. The summed E-state index contributed by atoms with van der Waals surface area (Å²) in [5.41, 5.74) is -3.69. The molecule has 1 aromatic carbocycles. The van der Waals surface area contributed by atoms with Crippen LogP contribution in [0.1, 0.15) is 17.0 Å². The van der Waals surface area contributed by atoms with E-state index in [0.717, 1.165) is 0 Å². The Morgan fingerprint density at radius 2 is 1.70 bits per heavy atom. The molecule has 7 nitrogen and oxygen atoms in total. The zero-order valence-corrected chi connectivity index (χ0v) is 9.42. The number of nitro groups is 1. The van der Waals surface area contributed by atoms with Crippen molar-refractivity contribution in [2.45, 2.75) is 12.1 Å². The number of carbonyl (C=O) groups is 2. The van der Waals surface area contributed by atoms with Gasteiger partial charge in [-0.2, -0.15) is 13.2 Å². The summed E-state index contributed by atoms with van der Waals surface area (Å²) in [4.78, 5) is 30.7. The number of alkyl halides is 3. The number of carboxylic acids is 2. The highest BCUT2D eigenvalue weighted by molar-refractivity contribution is 5.99. The number of hydrogen-bond acceptors (Lipinski definition) is 4. The van der Waals surface area contributed by atoms with Gasteiger partial charge >= 0.3 is 18.1 Å². The zero-order chi connectivity index (χ0) is 15.7. The van der Waals surface area contributed by atoms with Gasteiger partial charge in [-0.25, -0.2) is 0 Å². The topological polar surface area (TPSA) is 118 Å². The summed E-state index contributed by atoms with van der Waals surface area (Å²) >= 11 is 0. The minimum absolute atomic E-state index is 0.158. The molecule has 0 aliphatic carbocycles. The standard InChI is InChI=1S/C10H6F3NO6/c11-10(12,13)5-3-4(1-2-6(5)14(19)20)7(8(15)16)9(17)18/h1-3,7H,(H,15,16)(H,17,18). The average molecular weight is 293 g/mol. The van der Waals surface area contributed by atoms with Crippen LogP contribution in [-0.4, -0.2) is 27.1 Å². The second-order valence-electron chi connectivity index (χ2n) is 3.64.